The minimum Gasteiger partial charge on any atom is -0.492 e. The minimum atomic E-state index is -0.673. The maximum Gasteiger partial charge on any atom is 0.242 e. The number of likely N-dealkylation sites (N-methyl/N-ethyl adjacent to an activating group) is 1. The largest absolute Gasteiger partial charge is 0.492 e. The number of benzene rings is 1. The Balaban J connectivity index is 1.77. The Kier molecular flexibility index (Phi) is 4.04. The van der Waals surface area contributed by atoms with Crippen molar-refractivity contribution >= 4 is 5.91 Å². The molecule has 0 spiro atoms. The Morgan fingerprint density at radius 2 is 2.26 bits per heavy atom. The van der Waals surface area contributed by atoms with Crippen molar-refractivity contribution < 1.29 is 13.9 Å². The Morgan fingerprint density at radius 3 is 2.84 bits per heavy atom. The lowest BCUT2D eigenvalue weighted by atomic mass is 9.77. The molecule has 0 aromatic heterocycles. The molecule has 0 bridgehead atoms. The predicted octanol–water partition coefficient (Wildman–Crippen LogP) is 1.54. The third kappa shape index (κ3) is 3.23. The van der Waals surface area contributed by atoms with Crippen molar-refractivity contribution in [2.24, 2.45) is 5.73 Å². The Labute approximate surface area is 112 Å². The number of rotatable bonds is 5. The monoisotopic (exact) mass is 266 g/mol. The van der Waals surface area contributed by atoms with E-state index in [1.54, 1.807) is 24.1 Å². The van der Waals surface area contributed by atoms with Gasteiger partial charge in [-0.15, -0.1) is 0 Å². The summed E-state index contributed by atoms with van der Waals surface area (Å²) in [5, 5.41) is 0. The number of ether oxygens (including phenoxy) is 1. The van der Waals surface area contributed by atoms with Gasteiger partial charge in [0.15, 0.2) is 0 Å². The van der Waals surface area contributed by atoms with Gasteiger partial charge < -0.3 is 15.4 Å². The first kappa shape index (κ1) is 13.8. The topological polar surface area (TPSA) is 55.6 Å². The van der Waals surface area contributed by atoms with Gasteiger partial charge in [0.25, 0.3) is 0 Å². The summed E-state index contributed by atoms with van der Waals surface area (Å²) in [4.78, 5) is 13.6. The van der Waals surface area contributed by atoms with E-state index in [1.807, 2.05) is 0 Å². The van der Waals surface area contributed by atoms with E-state index in [-0.39, 0.29) is 11.7 Å². The van der Waals surface area contributed by atoms with E-state index in [1.165, 1.54) is 12.1 Å². The molecule has 1 fully saturated rings. The summed E-state index contributed by atoms with van der Waals surface area (Å²) in [6.45, 7) is 0.760. The van der Waals surface area contributed by atoms with Crippen LogP contribution >= 0.6 is 0 Å². The van der Waals surface area contributed by atoms with Gasteiger partial charge in [-0.3, -0.25) is 4.79 Å². The van der Waals surface area contributed by atoms with Gasteiger partial charge in [-0.1, -0.05) is 6.07 Å². The first-order valence-corrected chi connectivity index (χ1v) is 6.44. The number of hydrogen-bond donors (Lipinski definition) is 1. The number of carbonyl (C=O) groups is 1. The number of carbonyl (C=O) groups excluding carboxylic acids is 1. The average molecular weight is 266 g/mol. The molecule has 104 valence electrons. The van der Waals surface area contributed by atoms with Gasteiger partial charge in [0.05, 0.1) is 12.1 Å². The molecular weight excluding hydrogens is 247 g/mol. The van der Waals surface area contributed by atoms with Crippen LogP contribution in [0.15, 0.2) is 24.3 Å². The average Bonchev–Trinajstić information content (AvgIpc) is 2.35. The van der Waals surface area contributed by atoms with Crippen LogP contribution in [0.2, 0.25) is 0 Å². The SMILES string of the molecule is CN(CCOc1cccc(F)c1)C(=O)C1(N)CCC1. The van der Waals surface area contributed by atoms with E-state index in [0.717, 1.165) is 19.3 Å². The number of amides is 1. The summed E-state index contributed by atoms with van der Waals surface area (Å²) >= 11 is 0. The number of hydrogen-bond acceptors (Lipinski definition) is 3. The van der Waals surface area contributed by atoms with E-state index in [9.17, 15) is 9.18 Å². The Bertz CT molecular complexity index is 461. The summed E-state index contributed by atoms with van der Waals surface area (Å²) in [5.74, 6) is 0.0888. The highest BCUT2D eigenvalue weighted by molar-refractivity contribution is 5.86. The lowest BCUT2D eigenvalue weighted by Crippen LogP contribution is -2.59. The van der Waals surface area contributed by atoms with Crippen molar-refractivity contribution in [1.29, 1.82) is 0 Å². The van der Waals surface area contributed by atoms with Gasteiger partial charge in [-0.05, 0) is 31.4 Å². The van der Waals surface area contributed by atoms with Gasteiger partial charge in [0.1, 0.15) is 18.2 Å². The molecule has 2 N–H and O–H groups in total. The molecule has 0 aliphatic heterocycles. The number of halogens is 1. The molecule has 1 aromatic rings. The molecule has 1 aliphatic carbocycles. The van der Waals surface area contributed by atoms with Crippen LogP contribution in [0.3, 0.4) is 0 Å². The summed E-state index contributed by atoms with van der Waals surface area (Å²) in [6.07, 6.45) is 2.51. The van der Waals surface area contributed by atoms with Crippen LogP contribution in [0.4, 0.5) is 4.39 Å². The van der Waals surface area contributed by atoms with Crippen LogP contribution in [0.1, 0.15) is 19.3 Å². The zero-order chi connectivity index (χ0) is 13.9. The molecule has 4 nitrogen and oxygen atoms in total. The molecule has 0 atom stereocenters. The fraction of sp³-hybridized carbons (Fsp3) is 0.500. The van der Waals surface area contributed by atoms with Crippen LogP contribution in [0.5, 0.6) is 5.75 Å². The second kappa shape index (κ2) is 5.57. The molecule has 1 amide bonds. The van der Waals surface area contributed by atoms with Crippen molar-refractivity contribution in [2.45, 2.75) is 24.8 Å². The van der Waals surface area contributed by atoms with E-state index in [0.29, 0.717) is 18.9 Å². The van der Waals surface area contributed by atoms with Crippen molar-refractivity contribution in [3.05, 3.63) is 30.1 Å². The molecule has 0 heterocycles. The normalized spacial score (nSPS) is 16.6. The summed E-state index contributed by atoms with van der Waals surface area (Å²) < 4.78 is 18.3. The van der Waals surface area contributed by atoms with E-state index < -0.39 is 5.54 Å². The highest BCUT2D eigenvalue weighted by Gasteiger charge is 2.41. The van der Waals surface area contributed by atoms with Crippen LogP contribution < -0.4 is 10.5 Å². The highest BCUT2D eigenvalue weighted by atomic mass is 19.1. The Morgan fingerprint density at radius 1 is 1.53 bits per heavy atom. The quantitative estimate of drug-likeness (QED) is 0.879. The van der Waals surface area contributed by atoms with Crippen molar-refractivity contribution in [3.8, 4) is 5.75 Å². The van der Waals surface area contributed by atoms with Gasteiger partial charge in [0, 0.05) is 13.1 Å². The standard InChI is InChI=1S/C14H19FN2O2/c1-17(13(18)14(16)6-3-7-14)8-9-19-12-5-2-4-11(15)10-12/h2,4-5,10H,3,6-9,16H2,1H3. The molecule has 1 saturated carbocycles. The lowest BCUT2D eigenvalue weighted by molar-refractivity contribution is -0.139. The van der Waals surface area contributed by atoms with Crippen LogP contribution in [0, 0.1) is 5.82 Å². The maximum absolute atomic E-state index is 12.9. The Hall–Kier alpha value is -1.62. The first-order valence-electron chi connectivity index (χ1n) is 6.44. The molecular formula is C14H19FN2O2. The molecule has 19 heavy (non-hydrogen) atoms. The van der Waals surface area contributed by atoms with E-state index >= 15 is 0 Å². The lowest BCUT2D eigenvalue weighted by Gasteiger charge is -2.39. The third-order valence-electron chi connectivity index (χ3n) is 3.51. The van der Waals surface area contributed by atoms with Gasteiger partial charge in [-0.25, -0.2) is 4.39 Å². The van der Waals surface area contributed by atoms with Crippen molar-refractivity contribution in [3.63, 3.8) is 0 Å². The molecule has 0 radical (unpaired) electrons. The predicted molar refractivity (Wildman–Crippen MR) is 70.3 cm³/mol. The summed E-state index contributed by atoms with van der Waals surface area (Å²) in [6, 6.07) is 5.94. The maximum atomic E-state index is 12.9. The van der Waals surface area contributed by atoms with Gasteiger partial charge in [0.2, 0.25) is 5.91 Å². The molecule has 2 rings (SSSR count). The van der Waals surface area contributed by atoms with Crippen molar-refractivity contribution in [1.82, 2.24) is 4.90 Å². The van der Waals surface area contributed by atoms with Crippen molar-refractivity contribution in [2.75, 3.05) is 20.2 Å². The van der Waals surface area contributed by atoms with E-state index in [2.05, 4.69) is 0 Å². The fourth-order valence-corrected chi connectivity index (χ4v) is 2.11. The second-order valence-corrected chi connectivity index (χ2v) is 5.04. The first-order chi connectivity index (χ1) is 9.01. The van der Waals surface area contributed by atoms with Gasteiger partial charge >= 0.3 is 0 Å². The summed E-state index contributed by atoms with van der Waals surface area (Å²) in [7, 11) is 1.71. The minimum absolute atomic E-state index is 0.0402. The van der Waals surface area contributed by atoms with Crippen LogP contribution in [0.25, 0.3) is 0 Å². The van der Waals surface area contributed by atoms with Crippen LogP contribution in [-0.4, -0.2) is 36.5 Å². The molecule has 1 aliphatic rings. The zero-order valence-corrected chi connectivity index (χ0v) is 11.1. The van der Waals surface area contributed by atoms with Crippen LogP contribution in [-0.2, 0) is 4.79 Å². The van der Waals surface area contributed by atoms with E-state index in [4.69, 9.17) is 10.5 Å². The van der Waals surface area contributed by atoms with Gasteiger partial charge in [-0.2, -0.15) is 0 Å². The zero-order valence-electron chi connectivity index (χ0n) is 11.1. The molecule has 1 aromatic carbocycles. The number of nitrogens with two attached hydrogens (primary N) is 1. The molecule has 0 unspecified atom stereocenters. The highest BCUT2D eigenvalue weighted by Crippen LogP contribution is 2.30. The summed E-state index contributed by atoms with van der Waals surface area (Å²) in [5.41, 5.74) is 5.30. The smallest absolute Gasteiger partial charge is 0.242 e. The second-order valence-electron chi connectivity index (χ2n) is 5.04. The fourth-order valence-electron chi connectivity index (χ4n) is 2.11. The number of nitrogens with zero attached hydrogens (tertiary/aromatic N) is 1. The molecule has 0 saturated heterocycles. The molecule has 5 heteroatoms. The third-order valence-corrected chi connectivity index (χ3v) is 3.51.